The molecule has 0 saturated carbocycles. The zero-order chi connectivity index (χ0) is 24.9. The van der Waals surface area contributed by atoms with Crippen LogP contribution in [0.1, 0.15) is 18.4 Å². The van der Waals surface area contributed by atoms with E-state index in [4.69, 9.17) is 19.7 Å². The predicted molar refractivity (Wildman–Crippen MR) is 131 cm³/mol. The van der Waals surface area contributed by atoms with E-state index in [1.165, 1.54) is 4.57 Å². The Morgan fingerprint density at radius 2 is 1.83 bits per heavy atom. The molecule has 3 N–H and O–H groups in total. The number of anilines is 2. The van der Waals surface area contributed by atoms with Crippen LogP contribution < -0.4 is 31.4 Å². The van der Waals surface area contributed by atoms with Crippen molar-refractivity contribution in [2.24, 2.45) is 0 Å². The second kappa shape index (κ2) is 10.2. The van der Waals surface area contributed by atoms with Gasteiger partial charge in [-0.15, -0.1) is 0 Å². The molecule has 2 aromatic heterocycles. The molecule has 0 saturated heterocycles. The van der Waals surface area contributed by atoms with Gasteiger partial charge >= 0.3 is 5.69 Å². The van der Waals surface area contributed by atoms with Gasteiger partial charge in [-0.3, -0.25) is 14.3 Å². The minimum absolute atomic E-state index is 0.0593. The average Bonchev–Trinajstić information content (AvgIpc) is 3.34. The first-order valence-electron chi connectivity index (χ1n) is 10.9. The fourth-order valence-corrected chi connectivity index (χ4v) is 3.73. The second-order valence-electron chi connectivity index (χ2n) is 7.66. The summed E-state index contributed by atoms with van der Waals surface area (Å²) >= 11 is 0. The molecule has 11 nitrogen and oxygen atoms in total. The highest BCUT2D eigenvalue weighted by molar-refractivity contribution is 5.63. The standard InChI is InChI=1S/C24H26N6O5/c1-4-29(14-19-26-22(28-35-19)16-10-11-17(33-2)18(12-16)34-3)20-21(25)30(24(32)27-23(20)31)13-15-8-6-5-7-9-15/h5-12H,4,13-14,25H2,1-3H3,(H,27,31,32). The molecule has 0 aliphatic heterocycles. The quantitative estimate of drug-likeness (QED) is 0.370. The lowest BCUT2D eigenvalue weighted by Gasteiger charge is -2.23. The van der Waals surface area contributed by atoms with Gasteiger partial charge in [-0.05, 0) is 30.7 Å². The number of nitrogen functional groups attached to an aromatic ring is 1. The van der Waals surface area contributed by atoms with Crippen molar-refractivity contribution in [3.8, 4) is 22.9 Å². The number of H-pyrrole nitrogens is 1. The Kier molecular flexibility index (Phi) is 6.86. The van der Waals surface area contributed by atoms with Crippen molar-refractivity contribution >= 4 is 11.5 Å². The van der Waals surface area contributed by atoms with Gasteiger partial charge < -0.3 is 24.6 Å². The van der Waals surface area contributed by atoms with E-state index in [-0.39, 0.29) is 30.5 Å². The van der Waals surface area contributed by atoms with E-state index in [0.29, 0.717) is 29.4 Å². The summed E-state index contributed by atoms with van der Waals surface area (Å²) in [5.41, 5.74) is 6.87. The van der Waals surface area contributed by atoms with Crippen LogP contribution in [0, 0.1) is 0 Å². The minimum Gasteiger partial charge on any atom is -0.493 e. The summed E-state index contributed by atoms with van der Waals surface area (Å²) in [7, 11) is 3.10. The van der Waals surface area contributed by atoms with Crippen molar-refractivity contribution < 1.29 is 14.0 Å². The number of hydrogen-bond acceptors (Lipinski definition) is 9. The molecule has 0 aliphatic carbocycles. The zero-order valence-corrected chi connectivity index (χ0v) is 19.6. The fraction of sp³-hybridized carbons (Fsp3) is 0.250. The van der Waals surface area contributed by atoms with Crippen molar-refractivity contribution in [1.82, 2.24) is 19.7 Å². The Hall–Kier alpha value is -4.54. The van der Waals surface area contributed by atoms with E-state index >= 15 is 0 Å². The van der Waals surface area contributed by atoms with Crippen LogP contribution in [0.5, 0.6) is 11.5 Å². The second-order valence-corrected chi connectivity index (χ2v) is 7.66. The summed E-state index contributed by atoms with van der Waals surface area (Å²) < 4.78 is 17.4. The van der Waals surface area contributed by atoms with Gasteiger partial charge in [-0.1, -0.05) is 35.5 Å². The molecule has 2 aromatic carbocycles. The third kappa shape index (κ3) is 4.88. The SMILES string of the molecule is CCN(Cc1nc(-c2ccc(OC)c(OC)c2)no1)c1c(N)n(Cc2ccccc2)c(=O)[nH]c1=O. The maximum Gasteiger partial charge on any atom is 0.330 e. The van der Waals surface area contributed by atoms with Crippen LogP contribution in [0.4, 0.5) is 11.5 Å². The van der Waals surface area contributed by atoms with E-state index in [1.807, 2.05) is 37.3 Å². The highest BCUT2D eigenvalue weighted by Gasteiger charge is 2.21. The largest absolute Gasteiger partial charge is 0.493 e. The lowest BCUT2D eigenvalue weighted by atomic mass is 10.2. The van der Waals surface area contributed by atoms with Crippen LogP contribution in [-0.2, 0) is 13.1 Å². The Labute approximate surface area is 200 Å². The van der Waals surface area contributed by atoms with Crippen molar-refractivity contribution in [3.63, 3.8) is 0 Å². The molecule has 11 heteroatoms. The minimum atomic E-state index is -0.585. The van der Waals surface area contributed by atoms with Crippen molar-refractivity contribution in [1.29, 1.82) is 0 Å². The first kappa shape index (κ1) is 23.6. The number of aromatic amines is 1. The van der Waals surface area contributed by atoms with Gasteiger partial charge in [0.25, 0.3) is 5.56 Å². The van der Waals surface area contributed by atoms with Crippen molar-refractivity contribution in [3.05, 3.63) is 80.8 Å². The van der Waals surface area contributed by atoms with Crippen LogP contribution in [0.3, 0.4) is 0 Å². The van der Waals surface area contributed by atoms with Gasteiger partial charge in [0.1, 0.15) is 11.5 Å². The van der Waals surface area contributed by atoms with E-state index in [0.717, 1.165) is 5.56 Å². The van der Waals surface area contributed by atoms with Crippen molar-refractivity contribution in [2.45, 2.75) is 20.0 Å². The van der Waals surface area contributed by atoms with Gasteiger partial charge in [-0.25, -0.2) is 4.79 Å². The van der Waals surface area contributed by atoms with Gasteiger partial charge in [0.05, 0.1) is 27.3 Å². The molecule has 0 amide bonds. The van der Waals surface area contributed by atoms with Crippen LogP contribution in [0.2, 0.25) is 0 Å². The Bertz CT molecular complexity index is 1430. The molecule has 0 radical (unpaired) electrons. The highest BCUT2D eigenvalue weighted by atomic mass is 16.5. The molecule has 0 fully saturated rings. The predicted octanol–water partition coefficient (Wildman–Crippen LogP) is 2.26. The molecular weight excluding hydrogens is 452 g/mol. The van der Waals surface area contributed by atoms with Crippen LogP contribution in [-0.4, -0.2) is 40.5 Å². The molecule has 4 rings (SSSR count). The number of rotatable bonds is 9. The van der Waals surface area contributed by atoms with Gasteiger partial charge in [-0.2, -0.15) is 4.98 Å². The number of benzene rings is 2. The third-order valence-corrected chi connectivity index (χ3v) is 5.53. The van der Waals surface area contributed by atoms with E-state index < -0.39 is 11.2 Å². The maximum atomic E-state index is 12.7. The molecule has 0 spiro atoms. The lowest BCUT2D eigenvalue weighted by molar-refractivity contribution is 0.355. The Morgan fingerprint density at radius 1 is 1.09 bits per heavy atom. The molecule has 0 unspecified atom stereocenters. The van der Waals surface area contributed by atoms with Crippen LogP contribution >= 0.6 is 0 Å². The molecule has 35 heavy (non-hydrogen) atoms. The third-order valence-electron chi connectivity index (χ3n) is 5.53. The first-order valence-corrected chi connectivity index (χ1v) is 10.9. The van der Waals surface area contributed by atoms with Gasteiger partial charge in [0.15, 0.2) is 11.5 Å². The van der Waals surface area contributed by atoms with E-state index in [1.54, 1.807) is 37.3 Å². The van der Waals surface area contributed by atoms with Crippen molar-refractivity contribution in [2.75, 3.05) is 31.4 Å². The van der Waals surface area contributed by atoms with Crippen LogP contribution in [0.15, 0.2) is 62.6 Å². The summed E-state index contributed by atoms with van der Waals surface area (Å²) in [6.07, 6.45) is 0. The zero-order valence-electron chi connectivity index (χ0n) is 19.6. The molecule has 2 heterocycles. The number of methoxy groups -OCH3 is 2. The number of nitrogens with one attached hydrogen (secondary N) is 1. The van der Waals surface area contributed by atoms with Gasteiger partial charge in [0, 0.05) is 12.1 Å². The lowest BCUT2D eigenvalue weighted by Crippen LogP contribution is -2.38. The van der Waals surface area contributed by atoms with Gasteiger partial charge in [0.2, 0.25) is 11.7 Å². The summed E-state index contributed by atoms with van der Waals surface area (Å²) in [5.74, 6) is 1.80. The molecule has 0 bridgehead atoms. The molecular formula is C24H26N6O5. The topological polar surface area (TPSA) is 141 Å². The highest BCUT2D eigenvalue weighted by Crippen LogP contribution is 2.31. The molecule has 0 atom stereocenters. The summed E-state index contributed by atoms with van der Waals surface area (Å²) in [4.78, 5) is 33.7. The fourth-order valence-electron chi connectivity index (χ4n) is 3.73. The first-order chi connectivity index (χ1) is 16.9. The molecule has 4 aromatic rings. The smallest absolute Gasteiger partial charge is 0.330 e. The van der Waals surface area contributed by atoms with E-state index in [9.17, 15) is 9.59 Å². The number of hydrogen-bond donors (Lipinski definition) is 2. The Balaban J connectivity index is 1.63. The molecule has 0 aliphatic rings. The maximum absolute atomic E-state index is 12.7. The number of nitrogens with zero attached hydrogens (tertiary/aromatic N) is 4. The number of nitrogens with two attached hydrogens (primary N) is 1. The van der Waals surface area contributed by atoms with Crippen LogP contribution in [0.25, 0.3) is 11.4 Å². The molecule has 182 valence electrons. The summed E-state index contributed by atoms with van der Waals surface area (Å²) in [6, 6.07) is 14.7. The Morgan fingerprint density at radius 3 is 2.51 bits per heavy atom. The van der Waals surface area contributed by atoms with E-state index in [2.05, 4.69) is 15.1 Å². The summed E-state index contributed by atoms with van der Waals surface area (Å²) in [6.45, 7) is 2.60. The normalized spacial score (nSPS) is 10.8. The number of ether oxygens (including phenoxy) is 2. The number of aromatic nitrogens is 4. The monoisotopic (exact) mass is 478 g/mol. The average molecular weight is 479 g/mol. The summed E-state index contributed by atoms with van der Waals surface area (Å²) in [5, 5.41) is 4.05.